The molecule has 1 fully saturated rings. The Balaban J connectivity index is 2.21. The Bertz CT molecular complexity index is 490. The molecule has 0 radical (unpaired) electrons. The van der Waals surface area contributed by atoms with Gasteiger partial charge in [0.1, 0.15) is 0 Å². The molecule has 1 unspecified atom stereocenters. The first kappa shape index (κ1) is 9.40. The quantitative estimate of drug-likeness (QED) is 0.675. The van der Waals surface area contributed by atoms with Crippen LogP contribution in [0.25, 0.3) is 0 Å². The second-order valence-corrected chi connectivity index (χ2v) is 6.67. The van der Waals surface area contributed by atoms with Gasteiger partial charge < -0.3 is 0 Å². The van der Waals surface area contributed by atoms with Crippen LogP contribution in [0.3, 0.4) is 0 Å². The lowest BCUT2D eigenvalue weighted by molar-refractivity contribution is 0.248. The van der Waals surface area contributed by atoms with Crippen molar-refractivity contribution in [1.82, 2.24) is 0 Å². The van der Waals surface area contributed by atoms with Crippen LogP contribution in [0.5, 0.6) is 0 Å². The molecule has 0 bridgehead atoms. The van der Waals surface area contributed by atoms with Crippen molar-refractivity contribution in [1.29, 1.82) is 0 Å². The van der Waals surface area contributed by atoms with Gasteiger partial charge in [-0.1, -0.05) is 18.2 Å². The van der Waals surface area contributed by atoms with E-state index in [-0.39, 0.29) is 0 Å². The van der Waals surface area contributed by atoms with E-state index in [0.29, 0.717) is 22.5 Å². The molecule has 0 aromatic heterocycles. The summed E-state index contributed by atoms with van der Waals surface area (Å²) in [7, 11) is -3.00. The molecular formula is C12H14O2S. The van der Waals surface area contributed by atoms with Crippen LogP contribution in [-0.2, 0) is 9.84 Å². The fourth-order valence-corrected chi connectivity index (χ4v) is 4.51. The van der Waals surface area contributed by atoms with Gasteiger partial charge >= 0.3 is 0 Å². The van der Waals surface area contributed by atoms with E-state index in [2.05, 4.69) is 0 Å². The highest BCUT2D eigenvalue weighted by molar-refractivity contribution is 7.91. The predicted octanol–water partition coefficient (Wildman–Crippen LogP) is 2.36. The minimum atomic E-state index is -3.00. The van der Waals surface area contributed by atoms with Gasteiger partial charge in [0.25, 0.3) is 0 Å². The van der Waals surface area contributed by atoms with Crippen LogP contribution in [0.15, 0.2) is 29.2 Å². The number of benzene rings is 1. The van der Waals surface area contributed by atoms with Gasteiger partial charge in [-0.05, 0) is 42.7 Å². The molecule has 0 N–H and O–H groups in total. The zero-order valence-corrected chi connectivity index (χ0v) is 9.33. The van der Waals surface area contributed by atoms with Crippen molar-refractivity contribution in [3.05, 3.63) is 29.8 Å². The molecule has 0 saturated heterocycles. The minimum absolute atomic E-state index is 0.338. The molecule has 15 heavy (non-hydrogen) atoms. The van der Waals surface area contributed by atoms with E-state index in [1.807, 2.05) is 18.2 Å². The summed E-state index contributed by atoms with van der Waals surface area (Å²) in [6, 6.07) is 7.55. The third kappa shape index (κ3) is 1.33. The topological polar surface area (TPSA) is 34.1 Å². The summed E-state index contributed by atoms with van der Waals surface area (Å²) in [4.78, 5) is 0.595. The van der Waals surface area contributed by atoms with Crippen molar-refractivity contribution in [2.24, 2.45) is 5.92 Å². The smallest absolute Gasteiger partial charge is 0.178 e. The Morgan fingerprint density at radius 1 is 1.07 bits per heavy atom. The first-order chi connectivity index (χ1) is 7.18. The first-order valence-electron chi connectivity index (χ1n) is 5.50. The SMILES string of the molecule is O=S1(=O)CC[C@@H]2CCC2c2ccccc21. The van der Waals surface area contributed by atoms with Gasteiger partial charge in [0, 0.05) is 0 Å². The molecule has 2 atom stereocenters. The zero-order valence-electron chi connectivity index (χ0n) is 8.52. The molecule has 3 rings (SSSR count). The van der Waals surface area contributed by atoms with Gasteiger partial charge in [0.05, 0.1) is 10.6 Å². The highest BCUT2D eigenvalue weighted by Gasteiger charge is 2.38. The van der Waals surface area contributed by atoms with Gasteiger partial charge in [0.15, 0.2) is 9.84 Å². The molecule has 1 aromatic carbocycles. The number of fused-ring (bicyclic) bond motifs is 3. The van der Waals surface area contributed by atoms with Crippen LogP contribution < -0.4 is 0 Å². The number of hydrogen-bond acceptors (Lipinski definition) is 2. The number of hydrogen-bond donors (Lipinski definition) is 0. The van der Waals surface area contributed by atoms with Crippen molar-refractivity contribution < 1.29 is 8.42 Å². The Kier molecular flexibility index (Phi) is 1.93. The van der Waals surface area contributed by atoms with E-state index < -0.39 is 9.84 Å². The fraction of sp³-hybridized carbons (Fsp3) is 0.500. The summed E-state index contributed by atoms with van der Waals surface area (Å²) in [6.07, 6.45) is 3.22. The van der Waals surface area contributed by atoms with E-state index in [0.717, 1.165) is 18.4 Å². The summed E-state index contributed by atoms with van der Waals surface area (Å²) in [5.41, 5.74) is 1.08. The number of rotatable bonds is 0. The van der Waals surface area contributed by atoms with Crippen LogP contribution in [0.1, 0.15) is 30.7 Å². The molecule has 1 heterocycles. The van der Waals surface area contributed by atoms with Crippen molar-refractivity contribution in [2.75, 3.05) is 5.75 Å². The van der Waals surface area contributed by atoms with Gasteiger partial charge in [0.2, 0.25) is 0 Å². The number of sulfone groups is 1. The van der Waals surface area contributed by atoms with E-state index >= 15 is 0 Å². The normalized spacial score (nSPS) is 32.0. The average molecular weight is 222 g/mol. The molecule has 0 amide bonds. The highest BCUT2D eigenvalue weighted by atomic mass is 32.2. The average Bonchev–Trinajstić information content (AvgIpc) is 2.22. The van der Waals surface area contributed by atoms with Crippen molar-refractivity contribution in [3.8, 4) is 0 Å². The Labute approximate surface area is 90.2 Å². The second-order valence-electron chi connectivity index (χ2n) is 4.59. The molecule has 2 nitrogen and oxygen atoms in total. The second kappa shape index (κ2) is 3.08. The van der Waals surface area contributed by atoms with Crippen LogP contribution in [0.2, 0.25) is 0 Å². The molecule has 1 aliphatic carbocycles. The highest BCUT2D eigenvalue weighted by Crippen LogP contribution is 2.48. The van der Waals surface area contributed by atoms with Crippen LogP contribution in [-0.4, -0.2) is 14.2 Å². The monoisotopic (exact) mass is 222 g/mol. The summed E-state index contributed by atoms with van der Waals surface area (Å²) in [5.74, 6) is 1.47. The van der Waals surface area contributed by atoms with Gasteiger partial charge in [-0.15, -0.1) is 0 Å². The van der Waals surface area contributed by atoms with Gasteiger partial charge in [-0.2, -0.15) is 0 Å². The van der Waals surface area contributed by atoms with Crippen molar-refractivity contribution in [3.63, 3.8) is 0 Å². The van der Waals surface area contributed by atoms with Gasteiger partial charge in [-0.3, -0.25) is 0 Å². The maximum Gasteiger partial charge on any atom is 0.178 e. The van der Waals surface area contributed by atoms with E-state index in [1.165, 1.54) is 6.42 Å². The third-order valence-corrected chi connectivity index (χ3v) is 5.64. The van der Waals surface area contributed by atoms with Gasteiger partial charge in [-0.25, -0.2) is 8.42 Å². The summed E-state index contributed by atoms with van der Waals surface area (Å²) in [5, 5.41) is 0. The molecular weight excluding hydrogens is 208 g/mol. The van der Waals surface area contributed by atoms with Crippen molar-refractivity contribution in [2.45, 2.75) is 30.1 Å². The molecule has 2 aliphatic rings. The van der Waals surface area contributed by atoms with E-state index in [9.17, 15) is 8.42 Å². The Hall–Kier alpha value is -0.830. The minimum Gasteiger partial charge on any atom is -0.224 e. The molecule has 3 heteroatoms. The standard InChI is InChI=1S/C12H14O2S/c13-15(14)8-7-9-5-6-10(9)11-3-1-2-4-12(11)15/h1-4,9-10H,5-8H2/t9-,10?/m0/s1. The van der Waals surface area contributed by atoms with Crippen molar-refractivity contribution >= 4 is 9.84 Å². The van der Waals surface area contributed by atoms with Crippen LogP contribution in [0, 0.1) is 5.92 Å². The zero-order chi connectivity index (χ0) is 10.5. The lowest BCUT2D eigenvalue weighted by Gasteiger charge is -2.35. The summed E-state index contributed by atoms with van der Waals surface area (Å²) in [6.45, 7) is 0. The predicted molar refractivity (Wildman–Crippen MR) is 58.6 cm³/mol. The largest absolute Gasteiger partial charge is 0.224 e. The Morgan fingerprint density at radius 3 is 2.60 bits per heavy atom. The molecule has 1 aromatic rings. The maximum atomic E-state index is 12.0. The molecule has 80 valence electrons. The van der Waals surface area contributed by atoms with E-state index in [4.69, 9.17) is 0 Å². The maximum absolute atomic E-state index is 12.0. The molecule has 0 spiro atoms. The van der Waals surface area contributed by atoms with E-state index in [1.54, 1.807) is 6.07 Å². The lowest BCUT2D eigenvalue weighted by atomic mass is 9.69. The van der Waals surface area contributed by atoms with Crippen LogP contribution >= 0.6 is 0 Å². The van der Waals surface area contributed by atoms with Crippen LogP contribution in [0.4, 0.5) is 0 Å². The summed E-state index contributed by atoms with van der Waals surface area (Å²) >= 11 is 0. The molecule has 1 aliphatic heterocycles. The Morgan fingerprint density at radius 2 is 1.87 bits per heavy atom. The molecule has 1 saturated carbocycles. The lowest BCUT2D eigenvalue weighted by Crippen LogP contribution is -2.23. The third-order valence-electron chi connectivity index (χ3n) is 3.83. The first-order valence-corrected chi connectivity index (χ1v) is 7.15. The summed E-state index contributed by atoms with van der Waals surface area (Å²) < 4.78 is 24.0. The fourth-order valence-electron chi connectivity index (χ4n) is 2.81.